The second kappa shape index (κ2) is 7.61. The molecule has 1 aromatic carbocycles. The average Bonchev–Trinajstić information content (AvgIpc) is 2.35. The fourth-order valence-corrected chi connectivity index (χ4v) is 1.54. The second-order valence-electron chi connectivity index (χ2n) is 4.18. The zero-order chi connectivity index (χ0) is 13.4. The second-order valence-corrected chi connectivity index (χ2v) is 4.18. The molecule has 0 unspecified atom stereocenters. The van der Waals surface area contributed by atoms with E-state index in [1.807, 2.05) is 31.2 Å². The van der Waals surface area contributed by atoms with Crippen LogP contribution in [0.1, 0.15) is 28.8 Å². The van der Waals surface area contributed by atoms with Gasteiger partial charge in [0.05, 0.1) is 0 Å². The van der Waals surface area contributed by atoms with Crippen LogP contribution in [0, 0.1) is 6.92 Å². The van der Waals surface area contributed by atoms with Crippen molar-refractivity contribution in [3.8, 4) is 0 Å². The third-order valence-corrected chi connectivity index (χ3v) is 2.55. The topological polar surface area (TPSA) is 55.4 Å². The molecule has 1 rings (SSSR count). The number of hydrogen-bond acceptors (Lipinski definition) is 3. The molecule has 0 radical (unpaired) electrons. The summed E-state index contributed by atoms with van der Waals surface area (Å²) < 4.78 is 4.68. The third kappa shape index (κ3) is 5.10. The van der Waals surface area contributed by atoms with Crippen LogP contribution in [0.15, 0.2) is 24.3 Å². The number of aryl methyl sites for hydroxylation is 1. The number of benzene rings is 1. The molecule has 0 saturated carbocycles. The van der Waals surface area contributed by atoms with Gasteiger partial charge < -0.3 is 10.1 Å². The number of carbonyl (C=O) groups excluding carboxylic acids is 2. The summed E-state index contributed by atoms with van der Waals surface area (Å²) in [6.07, 6.45) is 1.08. The molecule has 18 heavy (non-hydrogen) atoms. The van der Waals surface area contributed by atoms with E-state index in [1.165, 1.54) is 7.11 Å². The molecule has 0 atom stereocenters. The number of nitrogens with one attached hydrogen (secondary N) is 1. The summed E-state index contributed by atoms with van der Waals surface area (Å²) in [5.41, 5.74) is 1.86. The smallest absolute Gasteiger partial charge is 0.245 e. The molecule has 0 spiro atoms. The van der Waals surface area contributed by atoms with Gasteiger partial charge in [-0.15, -0.1) is 0 Å². The highest BCUT2D eigenvalue weighted by Gasteiger charge is 2.05. The highest BCUT2D eigenvalue weighted by atomic mass is 16.5. The van der Waals surface area contributed by atoms with Crippen molar-refractivity contribution in [3.05, 3.63) is 35.4 Å². The molecule has 0 bridgehead atoms. The number of ether oxygens (including phenoxy) is 1. The predicted octanol–water partition coefficient (Wildman–Crippen LogP) is 1.72. The summed E-state index contributed by atoms with van der Waals surface area (Å²) in [5, 5.41) is 2.68. The van der Waals surface area contributed by atoms with Crippen molar-refractivity contribution in [2.75, 3.05) is 20.3 Å². The van der Waals surface area contributed by atoms with E-state index < -0.39 is 0 Å². The molecule has 0 aliphatic carbocycles. The largest absolute Gasteiger partial charge is 0.375 e. The van der Waals surface area contributed by atoms with Crippen molar-refractivity contribution in [1.29, 1.82) is 0 Å². The number of hydrogen-bond donors (Lipinski definition) is 1. The van der Waals surface area contributed by atoms with Crippen LogP contribution >= 0.6 is 0 Å². The Labute approximate surface area is 107 Å². The van der Waals surface area contributed by atoms with Gasteiger partial charge in [-0.2, -0.15) is 0 Å². The van der Waals surface area contributed by atoms with E-state index in [2.05, 4.69) is 10.1 Å². The first-order chi connectivity index (χ1) is 8.63. The first kappa shape index (κ1) is 14.4. The van der Waals surface area contributed by atoms with E-state index in [0.717, 1.165) is 11.1 Å². The Kier molecular flexibility index (Phi) is 6.08. The molecule has 0 saturated heterocycles. The Bertz CT molecular complexity index is 398. The van der Waals surface area contributed by atoms with Crippen molar-refractivity contribution >= 4 is 11.7 Å². The molecule has 0 aliphatic rings. The highest BCUT2D eigenvalue weighted by Crippen LogP contribution is 2.07. The van der Waals surface area contributed by atoms with Crippen LogP contribution in [0.3, 0.4) is 0 Å². The molecule has 98 valence electrons. The standard InChI is InChI=1S/C14H19NO3/c1-11-5-7-12(8-6-11)13(16)4-3-9-15-14(17)10-18-2/h5-8H,3-4,9-10H2,1-2H3,(H,15,17). The van der Waals surface area contributed by atoms with Crippen molar-refractivity contribution in [3.63, 3.8) is 0 Å². The Morgan fingerprint density at radius 3 is 2.50 bits per heavy atom. The Balaban J connectivity index is 2.25. The van der Waals surface area contributed by atoms with Gasteiger partial charge in [0, 0.05) is 25.6 Å². The van der Waals surface area contributed by atoms with E-state index in [-0.39, 0.29) is 18.3 Å². The summed E-state index contributed by atoms with van der Waals surface area (Å²) in [6, 6.07) is 7.52. The van der Waals surface area contributed by atoms with E-state index in [1.54, 1.807) is 0 Å². The molecular weight excluding hydrogens is 230 g/mol. The molecule has 1 aromatic rings. The zero-order valence-corrected chi connectivity index (χ0v) is 10.9. The van der Waals surface area contributed by atoms with Gasteiger partial charge in [-0.3, -0.25) is 9.59 Å². The lowest BCUT2D eigenvalue weighted by Gasteiger charge is -2.04. The summed E-state index contributed by atoms with van der Waals surface area (Å²) in [6.45, 7) is 2.55. The van der Waals surface area contributed by atoms with Crippen LogP contribution < -0.4 is 5.32 Å². The normalized spacial score (nSPS) is 10.1. The fraction of sp³-hybridized carbons (Fsp3) is 0.429. The van der Waals surface area contributed by atoms with Gasteiger partial charge in [0.25, 0.3) is 0 Å². The van der Waals surface area contributed by atoms with Crippen molar-refractivity contribution in [2.45, 2.75) is 19.8 Å². The molecule has 4 heteroatoms. The van der Waals surface area contributed by atoms with Crippen LogP contribution in [-0.4, -0.2) is 32.0 Å². The molecule has 4 nitrogen and oxygen atoms in total. The molecule has 0 fully saturated rings. The highest BCUT2D eigenvalue weighted by molar-refractivity contribution is 5.96. The van der Waals surface area contributed by atoms with Crippen LogP contribution in [0.4, 0.5) is 0 Å². The molecule has 1 amide bonds. The predicted molar refractivity (Wildman–Crippen MR) is 69.6 cm³/mol. The maximum Gasteiger partial charge on any atom is 0.245 e. The molecule has 0 heterocycles. The average molecular weight is 249 g/mol. The van der Waals surface area contributed by atoms with Crippen LogP contribution in [0.5, 0.6) is 0 Å². The number of carbonyl (C=O) groups is 2. The quantitative estimate of drug-likeness (QED) is 0.591. The van der Waals surface area contributed by atoms with Gasteiger partial charge in [-0.25, -0.2) is 0 Å². The van der Waals surface area contributed by atoms with Crippen LogP contribution in [0.25, 0.3) is 0 Å². The number of amides is 1. The first-order valence-corrected chi connectivity index (χ1v) is 5.99. The van der Waals surface area contributed by atoms with Crippen molar-refractivity contribution < 1.29 is 14.3 Å². The lowest BCUT2D eigenvalue weighted by molar-refractivity contribution is -0.124. The van der Waals surface area contributed by atoms with Crippen molar-refractivity contribution in [2.24, 2.45) is 0 Å². The van der Waals surface area contributed by atoms with Gasteiger partial charge in [0.2, 0.25) is 5.91 Å². The number of methoxy groups -OCH3 is 1. The van der Waals surface area contributed by atoms with Gasteiger partial charge in [0.1, 0.15) is 6.61 Å². The van der Waals surface area contributed by atoms with Crippen LogP contribution in [-0.2, 0) is 9.53 Å². The maximum atomic E-state index is 11.8. The SMILES string of the molecule is COCC(=O)NCCCC(=O)c1ccc(C)cc1. The molecule has 0 aliphatic heterocycles. The van der Waals surface area contributed by atoms with E-state index >= 15 is 0 Å². The Morgan fingerprint density at radius 1 is 1.22 bits per heavy atom. The fourth-order valence-electron chi connectivity index (χ4n) is 1.54. The number of ketones is 1. The van der Waals surface area contributed by atoms with E-state index in [9.17, 15) is 9.59 Å². The minimum Gasteiger partial charge on any atom is -0.375 e. The minimum absolute atomic E-state index is 0.0614. The Morgan fingerprint density at radius 2 is 1.89 bits per heavy atom. The lowest BCUT2D eigenvalue weighted by atomic mass is 10.1. The summed E-state index contributed by atoms with van der Waals surface area (Å²) in [7, 11) is 1.47. The summed E-state index contributed by atoms with van der Waals surface area (Å²) >= 11 is 0. The van der Waals surface area contributed by atoms with Gasteiger partial charge in [-0.05, 0) is 13.3 Å². The Hall–Kier alpha value is -1.68. The van der Waals surface area contributed by atoms with Gasteiger partial charge >= 0.3 is 0 Å². The maximum absolute atomic E-state index is 11.8. The molecule has 0 aromatic heterocycles. The third-order valence-electron chi connectivity index (χ3n) is 2.55. The minimum atomic E-state index is -0.153. The monoisotopic (exact) mass is 249 g/mol. The van der Waals surface area contributed by atoms with Crippen LogP contribution in [0.2, 0.25) is 0 Å². The van der Waals surface area contributed by atoms with Gasteiger partial charge in [0.15, 0.2) is 5.78 Å². The number of Topliss-reactive ketones (excluding diaryl/α,β-unsaturated/α-hetero) is 1. The zero-order valence-electron chi connectivity index (χ0n) is 10.9. The lowest BCUT2D eigenvalue weighted by Crippen LogP contribution is -2.28. The summed E-state index contributed by atoms with van der Waals surface area (Å²) in [5.74, 6) is -0.0451. The molecular formula is C14H19NO3. The van der Waals surface area contributed by atoms with Crippen molar-refractivity contribution in [1.82, 2.24) is 5.32 Å². The molecule has 1 N–H and O–H groups in total. The van der Waals surface area contributed by atoms with E-state index in [4.69, 9.17) is 0 Å². The number of rotatable bonds is 7. The first-order valence-electron chi connectivity index (χ1n) is 5.99. The van der Waals surface area contributed by atoms with Gasteiger partial charge in [-0.1, -0.05) is 29.8 Å². The van der Waals surface area contributed by atoms with E-state index in [0.29, 0.717) is 19.4 Å². The summed E-state index contributed by atoms with van der Waals surface area (Å²) in [4.78, 5) is 22.9.